The van der Waals surface area contributed by atoms with Gasteiger partial charge in [0.15, 0.2) is 0 Å². The maximum atomic E-state index is 12.1. The standard InChI is InChI=1S/C11H14N2O3S/c1-3-8-5-6-13-7-9(10(14)16-4-2)17(15)11(13)12-8/h5-6H,3-4,7H2,1-2H3. The summed E-state index contributed by atoms with van der Waals surface area (Å²) in [6.07, 6.45) is 4.46. The Bertz CT molecular complexity index is 557. The summed E-state index contributed by atoms with van der Waals surface area (Å²) in [4.78, 5) is 17.9. The van der Waals surface area contributed by atoms with Crippen LogP contribution < -0.4 is 0 Å². The molecule has 0 bridgehead atoms. The van der Waals surface area contributed by atoms with Gasteiger partial charge in [-0.1, -0.05) is 6.92 Å². The second-order valence-electron chi connectivity index (χ2n) is 3.60. The lowest BCUT2D eigenvalue weighted by molar-refractivity contribution is -0.134. The number of hydrogen-bond donors (Lipinski definition) is 0. The van der Waals surface area contributed by atoms with Gasteiger partial charge < -0.3 is 9.64 Å². The van der Waals surface area contributed by atoms with E-state index in [1.165, 1.54) is 0 Å². The van der Waals surface area contributed by atoms with Crippen LogP contribution in [0.25, 0.3) is 0 Å². The number of nitrogens with zero attached hydrogens (tertiary/aromatic N) is 2. The Hall–Kier alpha value is -1.56. The van der Waals surface area contributed by atoms with Gasteiger partial charge in [-0.05, 0) is 19.4 Å². The zero-order valence-corrected chi connectivity index (χ0v) is 10.6. The highest BCUT2D eigenvalue weighted by Gasteiger charge is 2.27. The predicted molar refractivity (Wildman–Crippen MR) is 68.4 cm³/mol. The van der Waals surface area contributed by atoms with Crippen molar-refractivity contribution in [2.24, 2.45) is 4.99 Å². The first-order chi connectivity index (χ1) is 8.17. The molecule has 0 spiro atoms. The minimum Gasteiger partial charge on any atom is -0.462 e. The first-order valence-corrected chi connectivity index (χ1v) is 6.66. The molecule has 92 valence electrons. The Morgan fingerprint density at radius 2 is 2.35 bits per heavy atom. The fourth-order valence-electron chi connectivity index (χ4n) is 1.60. The lowest BCUT2D eigenvalue weighted by Crippen LogP contribution is -2.30. The molecule has 0 aromatic heterocycles. The van der Waals surface area contributed by atoms with Crippen LogP contribution >= 0.6 is 0 Å². The lowest BCUT2D eigenvalue weighted by atomic mass is 10.2. The number of allylic oxidation sites excluding steroid dienone is 1. The molecule has 0 fully saturated rings. The monoisotopic (exact) mass is 254 g/mol. The molecule has 6 heteroatoms. The van der Waals surface area contributed by atoms with E-state index in [1.807, 2.05) is 19.2 Å². The smallest absolute Gasteiger partial charge is 0.348 e. The number of fused-ring (bicyclic) bond motifs is 1. The van der Waals surface area contributed by atoms with E-state index in [0.29, 0.717) is 11.7 Å². The summed E-state index contributed by atoms with van der Waals surface area (Å²) >= 11 is 0. The van der Waals surface area contributed by atoms with Gasteiger partial charge in [0.25, 0.3) is 0 Å². The third-order valence-electron chi connectivity index (χ3n) is 2.50. The highest BCUT2D eigenvalue weighted by molar-refractivity contribution is 7.86. The molecule has 17 heavy (non-hydrogen) atoms. The van der Waals surface area contributed by atoms with Gasteiger partial charge in [0.05, 0.1) is 23.1 Å². The summed E-state index contributed by atoms with van der Waals surface area (Å²) in [6, 6.07) is 0. The third kappa shape index (κ3) is 2.12. The average molecular weight is 254 g/mol. The van der Waals surface area contributed by atoms with E-state index in [9.17, 15) is 9.00 Å². The molecular formula is C11H14N2O3S. The highest BCUT2D eigenvalue weighted by Crippen LogP contribution is 2.09. The van der Waals surface area contributed by atoms with Crippen molar-refractivity contribution in [2.45, 2.75) is 20.3 Å². The predicted octanol–water partition coefficient (Wildman–Crippen LogP) is 0.252. The van der Waals surface area contributed by atoms with Crippen molar-refractivity contribution in [1.82, 2.24) is 4.90 Å². The number of esters is 1. The number of carbonyl (C=O) groups is 1. The van der Waals surface area contributed by atoms with E-state index in [0.717, 1.165) is 12.1 Å². The summed E-state index contributed by atoms with van der Waals surface area (Å²) in [5.41, 5.74) is 0.870. The van der Waals surface area contributed by atoms with Crippen LogP contribution in [0.1, 0.15) is 20.3 Å². The van der Waals surface area contributed by atoms with E-state index in [1.54, 1.807) is 11.8 Å². The van der Waals surface area contributed by atoms with E-state index >= 15 is 0 Å². The molecule has 0 unspecified atom stereocenters. The van der Waals surface area contributed by atoms with Crippen LogP contribution in [0.2, 0.25) is 0 Å². The molecule has 0 aromatic carbocycles. The summed E-state index contributed by atoms with van der Waals surface area (Å²) in [7, 11) is -1.49. The molecule has 0 amide bonds. The van der Waals surface area contributed by atoms with E-state index in [-0.39, 0.29) is 11.5 Å². The van der Waals surface area contributed by atoms with Gasteiger partial charge in [-0.2, -0.15) is 0 Å². The van der Waals surface area contributed by atoms with Crippen molar-refractivity contribution in [3.05, 3.63) is 12.3 Å². The molecule has 2 rings (SSSR count). The Labute approximate surface area is 101 Å². The molecule has 0 radical (unpaired) electrons. The van der Waals surface area contributed by atoms with Crippen LogP contribution in [-0.4, -0.2) is 43.9 Å². The molecule has 2 aliphatic rings. The first kappa shape index (κ1) is 11.9. The van der Waals surface area contributed by atoms with Crippen molar-refractivity contribution in [1.29, 1.82) is 0 Å². The number of aliphatic imine (C=N–C) groups is 1. The Balaban J connectivity index is 2.40. The lowest BCUT2D eigenvalue weighted by Gasteiger charge is -2.17. The zero-order valence-electron chi connectivity index (χ0n) is 9.80. The van der Waals surface area contributed by atoms with Crippen molar-refractivity contribution in [3.63, 3.8) is 0 Å². The van der Waals surface area contributed by atoms with E-state index in [4.69, 9.17) is 4.74 Å². The summed E-state index contributed by atoms with van der Waals surface area (Å²) in [6.45, 7) is 4.29. The van der Waals surface area contributed by atoms with Crippen LogP contribution in [0, 0.1) is 0 Å². The number of rotatable bonds is 3. The topological polar surface area (TPSA) is 59.0 Å². The molecule has 2 aliphatic heterocycles. The Kier molecular flexibility index (Phi) is 3.33. The molecule has 0 saturated heterocycles. The largest absolute Gasteiger partial charge is 0.462 e. The van der Waals surface area contributed by atoms with Crippen molar-refractivity contribution in [2.75, 3.05) is 13.2 Å². The van der Waals surface area contributed by atoms with E-state index < -0.39 is 15.9 Å². The SMILES string of the molecule is CCOC(=O)C1=S(=O)=C2N=C(CC)C=CN2C1. The molecule has 2 heterocycles. The van der Waals surface area contributed by atoms with Gasteiger partial charge in [0, 0.05) is 11.9 Å². The highest BCUT2D eigenvalue weighted by atomic mass is 32.1. The van der Waals surface area contributed by atoms with Crippen LogP contribution in [0.5, 0.6) is 0 Å². The van der Waals surface area contributed by atoms with Gasteiger partial charge in [-0.25, -0.2) is 14.0 Å². The molecule has 0 N–H and O–H groups in total. The van der Waals surface area contributed by atoms with Gasteiger partial charge in [0.2, 0.25) is 5.11 Å². The summed E-state index contributed by atoms with van der Waals surface area (Å²) < 4.78 is 16.9. The summed E-state index contributed by atoms with van der Waals surface area (Å²) in [5, 5.41) is 0.437. The molecule has 0 aliphatic carbocycles. The van der Waals surface area contributed by atoms with Crippen LogP contribution in [0.4, 0.5) is 0 Å². The average Bonchev–Trinajstić information content (AvgIpc) is 2.67. The maximum absolute atomic E-state index is 12.1. The number of hydrogen-bond acceptors (Lipinski definition) is 5. The van der Waals surface area contributed by atoms with Gasteiger partial charge in [0.1, 0.15) is 4.86 Å². The third-order valence-corrected chi connectivity index (χ3v) is 3.90. The number of carbonyl (C=O) groups excluding carboxylic acids is 1. The molecule has 0 aromatic rings. The second kappa shape index (κ2) is 4.75. The van der Waals surface area contributed by atoms with Crippen LogP contribution in [0.3, 0.4) is 0 Å². The molecular weight excluding hydrogens is 240 g/mol. The Morgan fingerprint density at radius 3 is 3.00 bits per heavy atom. The fraction of sp³-hybridized carbons (Fsp3) is 0.455. The van der Waals surface area contributed by atoms with Crippen LogP contribution in [-0.2, 0) is 19.5 Å². The minimum atomic E-state index is -1.49. The quantitative estimate of drug-likeness (QED) is 0.535. The maximum Gasteiger partial charge on any atom is 0.348 e. The molecule has 0 atom stereocenters. The molecule has 5 nitrogen and oxygen atoms in total. The second-order valence-corrected chi connectivity index (χ2v) is 4.99. The fourth-order valence-corrected chi connectivity index (χ4v) is 2.83. The van der Waals surface area contributed by atoms with Crippen molar-refractivity contribution >= 4 is 31.6 Å². The van der Waals surface area contributed by atoms with E-state index in [2.05, 4.69) is 4.99 Å². The minimum absolute atomic E-state index is 0.271. The van der Waals surface area contributed by atoms with Gasteiger partial charge >= 0.3 is 5.97 Å². The summed E-state index contributed by atoms with van der Waals surface area (Å²) in [5.74, 6) is -0.491. The van der Waals surface area contributed by atoms with Gasteiger partial charge in [-0.3, -0.25) is 0 Å². The first-order valence-electron chi connectivity index (χ1n) is 5.51. The number of ether oxygens (including phenoxy) is 1. The van der Waals surface area contributed by atoms with Crippen LogP contribution in [0.15, 0.2) is 17.3 Å². The van der Waals surface area contributed by atoms with Crippen molar-refractivity contribution < 1.29 is 13.7 Å². The van der Waals surface area contributed by atoms with Gasteiger partial charge in [-0.15, -0.1) is 0 Å². The van der Waals surface area contributed by atoms with Crippen molar-refractivity contribution in [3.8, 4) is 0 Å². The Morgan fingerprint density at radius 1 is 1.59 bits per heavy atom. The molecule has 0 saturated carbocycles. The normalized spacial score (nSPS) is 18.4. The zero-order chi connectivity index (χ0) is 12.4.